The van der Waals surface area contributed by atoms with E-state index in [-0.39, 0.29) is 5.91 Å². The molecule has 1 amide bonds. The van der Waals surface area contributed by atoms with Crippen LogP contribution in [0.25, 0.3) is 11.0 Å². The number of nitrogens with one attached hydrogen (secondary N) is 3. The highest BCUT2D eigenvalue weighted by Crippen LogP contribution is 2.27. The van der Waals surface area contributed by atoms with Gasteiger partial charge in [-0.1, -0.05) is 11.8 Å². The van der Waals surface area contributed by atoms with E-state index in [2.05, 4.69) is 35.9 Å². The van der Waals surface area contributed by atoms with Gasteiger partial charge in [0.05, 0.1) is 35.8 Å². The highest BCUT2D eigenvalue weighted by molar-refractivity contribution is 8.00. The third-order valence-corrected chi connectivity index (χ3v) is 7.10. The van der Waals surface area contributed by atoms with Crippen molar-refractivity contribution in [3.63, 3.8) is 0 Å². The highest BCUT2D eigenvalue weighted by atomic mass is 32.2. The smallest absolute Gasteiger partial charge is 0.236 e. The molecule has 0 spiro atoms. The van der Waals surface area contributed by atoms with Crippen molar-refractivity contribution >= 4 is 34.5 Å². The summed E-state index contributed by atoms with van der Waals surface area (Å²) in [7, 11) is 1.63. The van der Waals surface area contributed by atoms with Gasteiger partial charge in [0.2, 0.25) is 11.8 Å². The molecule has 0 bridgehead atoms. The number of rotatable bonds is 7. The molecule has 2 aliphatic rings. The first-order valence-corrected chi connectivity index (χ1v) is 12.2. The summed E-state index contributed by atoms with van der Waals surface area (Å²) in [5.74, 6) is 1.57. The summed E-state index contributed by atoms with van der Waals surface area (Å²) >= 11 is 1.43. The molecule has 3 aromatic heterocycles. The van der Waals surface area contributed by atoms with E-state index in [0.29, 0.717) is 36.1 Å². The van der Waals surface area contributed by atoms with Crippen LogP contribution in [0.4, 0.5) is 5.82 Å². The number of methoxy groups -OCH3 is 1. The van der Waals surface area contributed by atoms with Crippen molar-refractivity contribution in [3.8, 4) is 5.88 Å². The highest BCUT2D eigenvalue weighted by Gasteiger charge is 2.22. The molecule has 4 heterocycles. The molecule has 3 N–H and O–H groups in total. The maximum atomic E-state index is 11.6. The Morgan fingerprint density at radius 1 is 1.06 bits per heavy atom. The molecule has 5 rings (SSSR count). The minimum absolute atomic E-state index is 0.0209. The van der Waals surface area contributed by atoms with Crippen LogP contribution in [0.1, 0.15) is 36.9 Å². The van der Waals surface area contributed by atoms with Gasteiger partial charge in [-0.15, -0.1) is 0 Å². The van der Waals surface area contributed by atoms with Gasteiger partial charge < -0.3 is 20.7 Å². The van der Waals surface area contributed by atoms with Crippen LogP contribution in [0.5, 0.6) is 5.88 Å². The van der Waals surface area contributed by atoms with E-state index < -0.39 is 0 Å². The van der Waals surface area contributed by atoms with E-state index in [9.17, 15) is 4.79 Å². The fraction of sp³-hybridized carbons (Fsp3) is 0.435. The molecule has 0 aromatic carbocycles. The molecule has 1 fully saturated rings. The van der Waals surface area contributed by atoms with Gasteiger partial charge in [-0.2, -0.15) is 0 Å². The normalized spacial score (nSPS) is 20.3. The average Bonchev–Trinajstić information content (AvgIpc) is 2.86. The van der Waals surface area contributed by atoms with E-state index in [1.165, 1.54) is 11.8 Å². The SMILES string of the molecule is COc1ccc2nccc(CN[C@H]3CC[C@H](NCc4cnc5c(n4)NC(=O)CS5)CC3)c2n1. The number of nitrogens with zero attached hydrogens (tertiary/aromatic N) is 4. The van der Waals surface area contributed by atoms with Gasteiger partial charge in [-0.3, -0.25) is 9.78 Å². The number of amides is 1. The van der Waals surface area contributed by atoms with E-state index >= 15 is 0 Å². The van der Waals surface area contributed by atoms with Gasteiger partial charge in [0.15, 0.2) is 5.82 Å². The fourth-order valence-corrected chi connectivity index (χ4v) is 5.01. The zero-order valence-corrected chi connectivity index (χ0v) is 19.3. The number of carbonyl (C=O) groups is 1. The van der Waals surface area contributed by atoms with Crippen molar-refractivity contribution in [2.75, 3.05) is 18.2 Å². The maximum Gasteiger partial charge on any atom is 0.236 e. The summed E-state index contributed by atoms with van der Waals surface area (Å²) in [6.45, 7) is 1.41. The lowest BCUT2D eigenvalue weighted by Gasteiger charge is -2.30. The molecule has 9 nitrogen and oxygen atoms in total. The minimum atomic E-state index is -0.0209. The third-order valence-electron chi connectivity index (χ3n) is 6.12. The number of fused-ring (bicyclic) bond motifs is 2. The lowest BCUT2D eigenvalue weighted by Crippen LogP contribution is -2.39. The summed E-state index contributed by atoms with van der Waals surface area (Å²) in [6.07, 6.45) is 8.06. The number of carbonyl (C=O) groups excluding carboxylic acids is 1. The summed E-state index contributed by atoms with van der Waals surface area (Å²) in [4.78, 5) is 29.6. The van der Waals surface area contributed by atoms with Crippen molar-refractivity contribution in [1.29, 1.82) is 0 Å². The fourth-order valence-electron chi connectivity index (χ4n) is 4.31. The largest absolute Gasteiger partial charge is 0.481 e. The number of ether oxygens (including phenoxy) is 1. The molecule has 33 heavy (non-hydrogen) atoms. The van der Waals surface area contributed by atoms with Gasteiger partial charge in [0.1, 0.15) is 5.03 Å². The number of hydrogen-bond acceptors (Lipinski definition) is 9. The van der Waals surface area contributed by atoms with E-state index in [0.717, 1.165) is 59.5 Å². The first-order valence-electron chi connectivity index (χ1n) is 11.2. The number of hydrogen-bond donors (Lipinski definition) is 3. The number of anilines is 1. The maximum absolute atomic E-state index is 11.6. The number of thioether (sulfide) groups is 1. The van der Waals surface area contributed by atoms with Crippen LogP contribution in [0, 0.1) is 0 Å². The number of aromatic nitrogens is 4. The molecule has 0 saturated heterocycles. The summed E-state index contributed by atoms with van der Waals surface area (Å²) in [5, 5.41) is 10.9. The molecule has 0 radical (unpaired) electrons. The van der Waals surface area contributed by atoms with Crippen LogP contribution in [-0.2, 0) is 17.9 Å². The zero-order chi connectivity index (χ0) is 22.6. The van der Waals surface area contributed by atoms with Gasteiger partial charge in [0.25, 0.3) is 0 Å². The first kappa shape index (κ1) is 22.0. The van der Waals surface area contributed by atoms with E-state index in [1.807, 2.05) is 24.4 Å². The summed E-state index contributed by atoms with van der Waals surface area (Å²) < 4.78 is 5.28. The quantitative estimate of drug-likeness (QED) is 0.484. The van der Waals surface area contributed by atoms with E-state index in [4.69, 9.17) is 4.74 Å². The van der Waals surface area contributed by atoms with Crippen LogP contribution in [0.2, 0.25) is 0 Å². The van der Waals surface area contributed by atoms with Crippen molar-refractivity contribution in [2.24, 2.45) is 0 Å². The molecular weight excluding hydrogens is 438 g/mol. The third kappa shape index (κ3) is 5.23. The predicted molar refractivity (Wildman–Crippen MR) is 127 cm³/mol. The molecule has 1 aliphatic heterocycles. The topological polar surface area (TPSA) is 114 Å². The van der Waals surface area contributed by atoms with Crippen LogP contribution < -0.4 is 20.7 Å². The Kier molecular flexibility index (Phi) is 6.65. The second-order valence-electron chi connectivity index (χ2n) is 8.35. The first-order chi connectivity index (χ1) is 16.2. The molecule has 10 heteroatoms. The van der Waals surface area contributed by atoms with Crippen molar-refractivity contribution < 1.29 is 9.53 Å². The van der Waals surface area contributed by atoms with Crippen LogP contribution >= 0.6 is 11.8 Å². The van der Waals surface area contributed by atoms with Gasteiger partial charge in [-0.05, 0) is 43.4 Å². The Bertz CT molecular complexity index is 1150. The van der Waals surface area contributed by atoms with Crippen molar-refractivity contribution in [1.82, 2.24) is 30.6 Å². The molecule has 172 valence electrons. The Hall–Kier alpha value is -2.82. The van der Waals surface area contributed by atoms with Gasteiger partial charge in [0, 0.05) is 37.4 Å². The molecule has 0 atom stereocenters. The summed E-state index contributed by atoms with van der Waals surface area (Å²) in [5.41, 5.74) is 3.76. The lowest BCUT2D eigenvalue weighted by molar-refractivity contribution is -0.113. The predicted octanol–water partition coefficient (Wildman–Crippen LogP) is 2.66. The van der Waals surface area contributed by atoms with E-state index in [1.54, 1.807) is 13.3 Å². The number of pyridine rings is 2. The molecule has 3 aromatic rings. The Labute approximate surface area is 196 Å². The van der Waals surface area contributed by atoms with Crippen molar-refractivity contribution in [3.05, 3.63) is 41.9 Å². The Morgan fingerprint density at radius 3 is 2.64 bits per heavy atom. The van der Waals surface area contributed by atoms with Crippen LogP contribution in [-0.4, -0.2) is 50.8 Å². The average molecular weight is 466 g/mol. The van der Waals surface area contributed by atoms with Gasteiger partial charge in [-0.25, -0.2) is 15.0 Å². The van der Waals surface area contributed by atoms with Gasteiger partial charge >= 0.3 is 0 Å². The standard InChI is InChI=1S/C23H27N7O2S/c1-32-20-7-6-18-21(30-20)14(8-9-24-18)10-25-15-2-4-16(5-3-15)26-11-17-12-27-23-22(28-17)29-19(31)13-33-23/h6-9,12,15-16,25-26H,2-5,10-11,13H2,1H3,(H,28,29,31)/t15-,16-. The summed E-state index contributed by atoms with van der Waals surface area (Å²) in [6, 6.07) is 6.74. The molecule has 0 unspecified atom stereocenters. The minimum Gasteiger partial charge on any atom is -0.481 e. The molecule has 1 aliphatic carbocycles. The van der Waals surface area contributed by atoms with Crippen LogP contribution in [0.15, 0.2) is 35.6 Å². The second kappa shape index (κ2) is 9.98. The second-order valence-corrected chi connectivity index (χ2v) is 9.32. The lowest BCUT2D eigenvalue weighted by atomic mass is 9.91. The monoisotopic (exact) mass is 465 g/mol. The van der Waals surface area contributed by atoms with Crippen molar-refractivity contribution in [2.45, 2.75) is 55.9 Å². The Balaban J connectivity index is 1.11. The zero-order valence-electron chi connectivity index (χ0n) is 18.5. The molecule has 1 saturated carbocycles. The molecular formula is C23H27N7O2S. The van der Waals surface area contributed by atoms with Crippen LogP contribution in [0.3, 0.4) is 0 Å². The Morgan fingerprint density at radius 2 is 1.85 bits per heavy atom.